The van der Waals surface area contributed by atoms with Crippen LogP contribution in [0.25, 0.3) is 0 Å². The largest absolute Gasteiger partial charge is 0.345 e. The van der Waals surface area contributed by atoms with Gasteiger partial charge >= 0.3 is 0 Å². The van der Waals surface area contributed by atoms with E-state index < -0.39 is 0 Å². The minimum absolute atomic E-state index is 0.0467. The highest BCUT2D eigenvalue weighted by Gasteiger charge is 2.28. The first-order valence-corrected chi connectivity index (χ1v) is 7.08. The van der Waals surface area contributed by atoms with Gasteiger partial charge in [0.05, 0.1) is 24.0 Å². The van der Waals surface area contributed by atoms with Gasteiger partial charge in [-0.05, 0) is 31.2 Å². The molecule has 3 rings (SSSR count). The zero-order valence-electron chi connectivity index (χ0n) is 10.9. The van der Waals surface area contributed by atoms with E-state index in [-0.39, 0.29) is 6.04 Å². The Morgan fingerprint density at radius 2 is 2.20 bits per heavy atom. The quantitative estimate of drug-likeness (QED) is 0.681. The highest BCUT2D eigenvalue weighted by molar-refractivity contribution is 7.80. The molecule has 0 aromatic carbocycles. The number of halogens is 1. The summed E-state index contributed by atoms with van der Waals surface area (Å²) in [7, 11) is 0. The lowest BCUT2D eigenvalue weighted by molar-refractivity contribution is 0.730. The van der Waals surface area contributed by atoms with Gasteiger partial charge in [0, 0.05) is 6.20 Å². The monoisotopic (exact) mass is 304 g/mol. The van der Waals surface area contributed by atoms with Crippen molar-refractivity contribution < 1.29 is 0 Å². The normalized spacial score (nSPS) is 17.6. The molecule has 1 N–H and O–H groups in total. The van der Waals surface area contributed by atoms with Crippen LogP contribution in [0.4, 0.5) is 11.5 Å². The van der Waals surface area contributed by atoms with Crippen LogP contribution in [0.5, 0.6) is 0 Å². The first kappa shape index (κ1) is 13.3. The number of nitrogens with one attached hydrogen (secondary N) is 1. The van der Waals surface area contributed by atoms with E-state index in [1.54, 1.807) is 12.3 Å². The number of rotatable bonds is 2. The molecule has 0 radical (unpaired) electrons. The van der Waals surface area contributed by atoms with E-state index in [2.05, 4.69) is 20.2 Å². The molecule has 2 aromatic rings. The minimum Gasteiger partial charge on any atom is -0.345 e. The Hall–Kier alpha value is -1.72. The second kappa shape index (κ2) is 5.34. The number of thiocarbonyl (C=S) groups is 1. The average Bonchev–Trinajstić information content (AvgIpc) is 2.46. The average molecular weight is 305 g/mol. The molecule has 4 nitrogen and oxygen atoms in total. The third kappa shape index (κ3) is 2.46. The molecule has 0 fully saturated rings. The van der Waals surface area contributed by atoms with E-state index in [1.807, 2.05) is 31.2 Å². The molecule has 20 heavy (non-hydrogen) atoms. The zero-order chi connectivity index (χ0) is 14.1. The fourth-order valence-corrected chi connectivity index (χ4v) is 2.56. The molecule has 0 spiro atoms. The summed E-state index contributed by atoms with van der Waals surface area (Å²) in [6.07, 6.45) is 1.78. The number of anilines is 2. The Kier molecular flexibility index (Phi) is 3.54. The van der Waals surface area contributed by atoms with Gasteiger partial charge in [-0.2, -0.15) is 0 Å². The van der Waals surface area contributed by atoms with Crippen LogP contribution in [0.3, 0.4) is 0 Å². The molecule has 0 saturated carbocycles. The van der Waals surface area contributed by atoms with Gasteiger partial charge in [-0.1, -0.05) is 29.9 Å². The van der Waals surface area contributed by atoms with Gasteiger partial charge < -0.3 is 10.2 Å². The van der Waals surface area contributed by atoms with Crippen molar-refractivity contribution in [1.29, 1.82) is 0 Å². The van der Waals surface area contributed by atoms with Gasteiger partial charge in [-0.3, -0.25) is 4.98 Å². The Labute approximate surface area is 127 Å². The fourth-order valence-electron chi connectivity index (χ4n) is 2.18. The maximum Gasteiger partial charge on any atom is 0.155 e. The van der Waals surface area contributed by atoms with E-state index in [0.717, 1.165) is 22.2 Å². The number of pyridine rings is 2. The SMILES string of the molecule is CC1C(=S)Nc2ccc(Cl)nc2N1Cc1ccccn1. The number of hydrogen-bond acceptors (Lipinski definition) is 4. The fraction of sp³-hybridized carbons (Fsp3) is 0.214. The van der Waals surface area contributed by atoms with Crippen LogP contribution in [-0.4, -0.2) is 21.0 Å². The van der Waals surface area contributed by atoms with Gasteiger partial charge in [-0.25, -0.2) is 4.98 Å². The number of aromatic nitrogens is 2. The number of fused-ring (bicyclic) bond motifs is 1. The summed E-state index contributed by atoms with van der Waals surface area (Å²) in [5.74, 6) is 0.809. The third-order valence-corrected chi connectivity index (χ3v) is 3.93. The van der Waals surface area contributed by atoms with Crippen LogP contribution in [0.1, 0.15) is 12.6 Å². The molecule has 1 aliphatic heterocycles. The zero-order valence-corrected chi connectivity index (χ0v) is 12.4. The number of hydrogen-bond donors (Lipinski definition) is 1. The molecule has 0 bridgehead atoms. The molecule has 0 amide bonds. The van der Waals surface area contributed by atoms with E-state index in [9.17, 15) is 0 Å². The third-order valence-electron chi connectivity index (χ3n) is 3.28. The molecular weight excluding hydrogens is 292 g/mol. The minimum atomic E-state index is 0.0467. The van der Waals surface area contributed by atoms with Gasteiger partial charge in [0.2, 0.25) is 0 Å². The topological polar surface area (TPSA) is 41.1 Å². The first-order chi connectivity index (χ1) is 9.65. The summed E-state index contributed by atoms with van der Waals surface area (Å²) in [6, 6.07) is 9.56. The molecule has 1 atom stereocenters. The predicted octanol–water partition coefficient (Wildman–Crippen LogP) is 3.28. The van der Waals surface area contributed by atoms with Crippen LogP contribution in [0, 0.1) is 0 Å². The van der Waals surface area contributed by atoms with Gasteiger partial charge in [0.25, 0.3) is 0 Å². The van der Waals surface area contributed by atoms with Gasteiger partial charge in [0.1, 0.15) is 10.1 Å². The lowest BCUT2D eigenvalue weighted by atomic mass is 10.1. The van der Waals surface area contributed by atoms with Crippen LogP contribution < -0.4 is 10.2 Å². The smallest absolute Gasteiger partial charge is 0.155 e. The van der Waals surface area contributed by atoms with Crippen LogP contribution in [0.2, 0.25) is 5.15 Å². The van der Waals surface area contributed by atoms with Gasteiger partial charge in [0.15, 0.2) is 5.82 Å². The van der Waals surface area contributed by atoms with Crippen molar-refractivity contribution in [2.24, 2.45) is 0 Å². The maximum absolute atomic E-state index is 6.02. The first-order valence-electron chi connectivity index (χ1n) is 6.29. The van der Waals surface area contributed by atoms with E-state index in [4.69, 9.17) is 23.8 Å². The van der Waals surface area contributed by atoms with Crippen molar-refractivity contribution in [3.05, 3.63) is 47.4 Å². The molecule has 0 aliphatic carbocycles. The van der Waals surface area contributed by atoms with Crippen molar-refractivity contribution in [2.75, 3.05) is 10.2 Å². The summed E-state index contributed by atoms with van der Waals surface area (Å²) in [5.41, 5.74) is 1.85. The molecule has 102 valence electrons. The molecule has 1 aliphatic rings. The Morgan fingerprint density at radius 1 is 1.35 bits per heavy atom. The number of nitrogens with zero attached hydrogens (tertiary/aromatic N) is 3. The lowest BCUT2D eigenvalue weighted by Gasteiger charge is -2.36. The molecular formula is C14H13ClN4S. The standard InChI is InChI=1S/C14H13ClN4S/c1-9-14(20)17-11-5-6-12(15)18-13(11)19(9)8-10-4-2-3-7-16-10/h2-7,9H,8H2,1H3,(H,17,20). The van der Waals surface area contributed by atoms with E-state index >= 15 is 0 Å². The highest BCUT2D eigenvalue weighted by Crippen LogP contribution is 2.32. The highest BCUT2D eigenvalue weighted by atomic mass is 35.5. The summed E-state index contributed by atoms with van der Waals surface area (Å²) in [6.45, 7) is 2.69. The Morgan fingerprint density at radius 3 is 2.95 bits per heavy atom. The second-order valence-electron chi connectivity index (χ2n) is 4.62. The molecule has 2 aromatic heterocycles. The van der Waals surface area contributed by atoms with Crippen molar-refractivity contribution in [3.8, 4) is 0 Å². The maximum atomic E-state index is 6.02. The summed E-state index contributed by atoms with van der Waals surface area (Å²) >= 11 is 11.4. The van der Waals surface area contributed by atoms with Crippen molar-refractivity contribution in [3.63, 3.8) is 0 Å². The van der Waals surface area contributed by atoms with Crippen molar-refractivity contribution >= 4 is 40.3 Å². The van der Waals surface area contributed by atoms with Gasteiger partial charge in [-0.15, -0.1) is 0 Å². The van der Waals surface area contributed by atoms with E-state index in [0.29, 0.717) is 11.7 Å². The molecule has 3 heterocycles. The Bertz CT molecular complexity index is 647. The lowest BCUT2D eigenvalue weighted by Crippen LogP contribution is -2.45. The summed E-state index contributed by atoms with van der Waals surface area (Å²) < 4.78 is 0. The molecule has 1 unspecified atom stereocenters. The summed E-state index contributed by atoms with van der Waals surface area (Å²) in [4.78, 5) is 11.7. The van der Waals surface area contributed by atoms with Crippen LogP contribution in [0.15, 0.2) is 36.5 Å². The summed E-state index contributed by atoms with van der Waals surface area (Å²) in [5, 5.41) is 3.67. The molecule has 0 saturated heterocycles. The van der Waals surface area contributed by atoms with Crippen LogP contribution >= 0.6 is 23.8 Å². The Balaban J connectivity index is 2.00. The van der Waals surface area contributed by atoms with Crippen LogP contribution in [-0.2, 0) is 6.54 Å². The predicted molar refractivity (Wildman–Crippen MR) is 85.3 cm³/mol. The van der Waals surface area contributed by atoms with E-state index in [1.165, 1.54) is 0 Å². The second-order valence-corrected chi connectivity index (χ2v) is 5.45. The molecule has 6 heteroatoms. The van der Waals surface area contributed by atoms with Crippen molar-refractivity contribution in [1.82, 2.24) is 9.97 Å². The van der Waals surface area contributed by atoms with Crippen molar-refractivity contribution in [2.45, 2.75) is 19.5 Å².